The quantitative estimate of drug-likeness (QED) is 0.114. The van der Waals surface area contributed by atoms with Crippen LogP contribution in [-0.2, 0) is 13.1 Å². The van der Waals surface area contributed by atoms with E-state index < -0.39 is 22.6 Å². The molecule has 0 saturated carbocycles. The average molecular weight is 590 g/mol. The number of nitro benzene ring substituents is 1. The molecule has 0 atom stereocenters. The number of carbonyl (C=O) groups excluding carboxylic acids is 3. The van der Waals surface area contributed by atoms with Gasteiger partial charge in [-0.05, 0) is 56.7 Å². The van der Waals surface area contributed by atoms with E-state index in [4.69, 9.17) is 11.5 Å². The summed E-state index contributed by atoms with van der Waals surface area (Å²) in [7, 11) is 0. The fraction of sp³-hybridized carbons (Fsp3) is 0.276. The van der Waals surface area contributed by atoms with Crippen LogP contribution in [-0.4, -0.2) is 48.5 Å². The minimum Gasteiger partial charge on any atom is -0.376 e. The summed E-state index contributed by atoms with van der Waals surface area (Å²) in [6, 6.07) is 8.86. The fourth-order valence-electron chi connectivity index (χ4n) is 4.45. The topological polar surface area (TPSA) is 206 Å². The maximum absolute atomic E-state index is 13.2. The van der Waals surface area contributed by atoms with Crippen LogP contribution in [0.25, 0.3) is 11.0 Å². The Bertz CT molecular complexity index is 1720. The molecule has 14 heteroatoms. The van der Waals surface area contributed by atoms with E-state index in [1.807, 2.05) is 27.7 Å². The first-order chi connectivity index (χ1) is 20.5. The molecule has 0 radical (unpaired) electrons. The molecule has 3 amide bonds. The molecule has 4 aromatic rings. The monoisotopic (exact) mass is 589 g/mol. The van der Waals surface area contributed by atoms with Crippen molar-refractivity contribution in [3.05, 3.63) is 86.7 Å². The minimum atomic E-state index is -0.762. The summed E-state index contributed by atoms with van der Waals surface area (Å²) in [6.07, 6.45) is 3.56. The molecule has 0 aliphatic heterocycles. The molecule has 0 aliphatic carbocycles. The summed E-state index contributed by atoms with van der Waals surface area (Å²) in [6.45, 7) is 10.5. The SMILES string of the molecule is CC.CCn1nc(C)cc1C(=O)Nc1nc2cc(C(N)=O)cc(C)c2n1C/C=C/CNc1ccc(C(N)=O)cc1[N+](=O)[O-]. The minimum absolute atomic E-state index is 0.0337. The molecule has 0 fully saturated rings. The zero-order valence-electron chi connectivity index (χ0n) is 24.7. The summed E-state index contributed by atoms with van der Waals surface area (Å²) < 4.78 is 3.38. The van der Waals surface area contributed by atoms with Crippen LogP contribution in [0.3, 0.4) is 0 Å². The Balaban J connectivity index is 0.00000248. The molecule has 0 unspecified atom stereocenters. The van der Waals surface area contributed by atoms with E-state index in [0.717, 1.165) is 11.6 Å². The number of hydrogen-bond acceptors (Lipinski definition) is 8. The van der Waals surface area contributed by atoms with Gasteiger partial charge in [0.15, 0.2) is 0 Å². The zero-order chi connectivity index (χ0) is 31.8. The number of hydrogen-bond donors (Lipinski definition) is 4. The Kier molecular flexibility index (Phi) is 10.3. The van der Waals surface area contributed by atoms with Gasteiger partial charge in [0.05, 0.1) is 21.7 Å². The van der Waals surface area contributed by atoms with Gasteiger partial charge in [0.1, 0.15) is 11.4 Å². The Hall–Kier alpha value is -5.53. The number of nitrogens with two attached hydrogens (primary N) is 2. The van der Waals surface area contributed by atoms with Crippen LogP contribution in [0.1, 0.15) is 63.2 Å². The second-order valence-corrected chi connectivity index (χ2v) is 9.22. The molecule has 43 heavy (non-hydrogen) atoms. The number of rotatable bonds is 11. The van der Waals surface area contributed by atoms with Gasteiger partial charge in [-0.15, -0.1) is 0 Å². The first-order valence-corrected chi connectivity index (χ1v) is 13.6. The molecule has 2 heterocycles. The van der Waals surface area contributed by atoms with E-state index in [-0.39, 0.29) is 36.0 Å². The second kappa shape index (κ2) is 13.9. The lowest BCUT2D eigenvalue weighted by molar-refractivity contribution is -0.384. The van der Waals surface area contributed by atoms with Crippen LogP contribution in [0.2, 0.25) is 0 Å². The highest BCUT2D eigenvalue weighted by Crippen LogP contribution is 2.27. The number of benzene rings is 2. The van der Waals surface area contributed by atoms with Crippen LogP contribution in [0.5, 0.6) is 0 Å². The summed E-state index contributed by atoms with van der Waals surface area (Å²) >= 11 is 0. The molecule has 2 aromatic heterocycles. The number of nitro groups is 1. The predicted molar refractivity (Wildman–Crippen MR) is 164 cm³/mol. The number of amides is 3. The molecular weight excluding hydrogens is 554 g/mol. The second-order valence-electron chi connectivity index (χ2n) is 9.22. The third kappa shape index (κ3) is 7.22. The molecular formula is C29H35N9O5. The van der Waals surface area contributed by atoms with Gasteiger partial charge in [-0.1, -0.05) is 26.0 Å². The van der Waals surface area contributed by atoms with Gasteiger partial charge >= 0.3 is 0 Å². The highest BCUT2D eigenvalue weighted by atomic mass is 16.6. The summed E-state index contributed by atoms with van der Waals surface area (Å²) in [4.78, 5) is 51.8. The highest BCUT2D eigenvalue weighted by Gasteiger charge is 2.20. The van der Waals surface area contributed by atoms with Gasteiger partial charge in [-0.25, -0.2) is 4.98 Å². The zero-order valence-corrected chi connectivity index (χ0v) is 24.7. The predicted octanol–water partition coefficient (Wildman–Crippen LogP) is 3.92. The largest absolute Gasteiger partial charge is 0.376 e. The summed E-state index contributed by atoms with van der Waals surface area (Å²) in [5, 5.41) is 21.6. The van der Waals surface area contributed by atoms with E-state index >= 15 is 0 Å². The van der Waals surface area contributed by atoms with Crippen LogP contribution in [0.4, 0.5) is 17.3 Å². The third-order valence-corrected chi connectivity index (χ3v) is 6.32. The number of aryl methyl sites for hydroxylation is 3. The maximum atomic E-state index is 13.2. The van der Waals surface area contributed by atoms with E-state index in [1.165, 1.54) is 12.1 Å². The van der Waals surface area contributed by atoms with Crippen LogP contribution < -0.4 is 22.1 Å². The molecule has 0 saturated heterocycles. The van der Waals surface area contributed by atoms with E-state index in [1.54, 1.807) is 46.5 Å². The van der Waals surface area contributed by atoms with Gasteiger partial charge in [0, 0.05) is 36.8 Å². The Morgan fingerprint density at radius 1 is 1.02 bits per heavy atom. The lowest BCUT2D eigenvalue weighted by Crippen LogP contribution is -2.20. The van der Waals surface area contributed by atoms with E-state index in [0.29, 0.717) is 34.5 Å². The number of nitrogens with zero attached hydrogens (tertiary/aromatic N) is 5. The highest BCUT2D eigenvalue weighted by molar-refractivity contribution is 6.04. The number of anilines is 2. The van der Waals surface area contributed by atoms with Gasteiger partial charge < -0.3 is 21.4 Å². The normalized spacial score (nSPS) is 10.8. The molecule has 6 N–H and O–H groups in total. The number of aromatic nitrogens is 4. The van der Waals surface area contributed by atoms with Crippen LogP contribution >= 0.6 is 0 Å². The Morgan fingerprint density at radius 2 is 1.72 bits per heavy atom. The van der Waals surface area contributed by atoms with Crippen molar-refractivity contribution in [1.29, 1.82) is 0 Å². The van der Waals surface area contributed by atoms with Crippen LogP contribution in [0, 0.1) is 24.0 Å². The molecule has 0 spiro atoms. The van der Waals surface area contributed by atoms with E-state index in [9.17, 15) is 24.5 Å². The summed E-state index contributed by atoms with van der Waals surface area (Å²) in [5.74, 6) is -1.50. The Labute approximate surface area is 247 Å². The van der Waals surface area contributed by atoms with E-state index in [2.05, 4.69) is 20.7 Å². The smallest absolute Gasteiger partial charge is 0.293 e. The molecule has 0 aliphatic rings. The van der Waals surface area contributed by atoms with Crippen molar-refractivity contribution in [2.24, 2.45) is 11.5 Å². The van der Waals surface area contributed by atoms with Crippen molar-refractivity contribution in [3.63, 3.8) is 0 Å². The molecule has 14 nitrogen and oxygen atoms in total. The fourth-order valence-corrected chi connectivity index (χ4v) is 4.45. The Morgan fingerprint density at radius 3 is 2.35 bits per heavy atom. The number of nitrogens with one attached hydrogen (secondary N) is 2. The lowest BCUT2D eigenvalue weighted by atomic mass is 10.1. The number of carbonyl (C=O) groups is 3. The van der Waals surface area contributed by atoms with Crippen molar-refractivity contribution < 1.29 is 19.3 Å². The van der Waals surface area contributed by atoms with Gasteiger partial charge in [-0.3, -0.25) is 34.5 Å². The lowest BCUT2D eigenvalue weighted by Gasteiger charge is -2.10. The van der Waals surface area contributed by atoms with Crippen molar-refractivity contribution in [2.45, 2.75) is 47.7 Å². The number of primary amides is 2. The third-order valence-electron chi connectivity index (χ3n) is 6.32. The number of allylic oxidation sites excluding steroid dienone is 1. The van der Waals surface area contributed by atoms with Crippen molar-refractivity contribution in [2.75, 3.05) is 17.2 Å². The van der Waals surface area contributed by atoms with Crippen molar-refractivity contribution >= 4 is 46.1 Å². The average Bonchev–Trinajstić information content (AvgIpc) is 3.53. The number of imidazole rings is 1. The van der Waals surface area contributed by atoms with Crippen LogP contribution in [0.15, 0.2) is 48.6 Å². The maximum Gasteiger partial charge on any atom is 0.293 e. The van der Waals surface area contributed by atoms with Crippen molar-refractivity contribution in [3.8, 4) is 0 Å². The molecule has 226 valence electrons. The first kappa shape index (κ1) is 32.0. The summed E-state index contributed by atoms with van der Waals surface area (Å²) in [5.41, 5.74) is 14.0. The van der Waals surface area contributed by atoms with Gasteiger partial charge in [0.25, 0.3) is 11.6 Å². The standard InChI is InChI=1S/C27H29N9O5.C2H6/c1-4-35-22(12-16(3)33-35)26(39)32-27-31-20-13-18(25(29)38)11-15(2)23(20)34(27)10-6-5-9-30-19-8-7-17(24(28)37)14-21(19)36(40)41;1-2/h5-8,11-14,30H,4,9-10H2,1-3H3,(H2,28,37)(H2,29,38)(H,31,32,39);1-2H3/b6-5+;. The van der Waals surface area contributed by atoms with Gasteiger partial charge in [0.2, 0.25) is 17.8 Å². The number of fused-ring (bicyclic) bond motifs is 1. The molecule has 2 aromatic carbocycles. The molecule has 0 bridgehead atoms. The van der Waals surface area contributed by atoms with Crippen molar-refractivity contribution in [1.82, 2.24) is 19.3 Å². The van der Waals surface area contributed by atoms with Gasteiger partial charge in [-0.2, -0.15) is 5.10 Å². The molecule has 4 rings (SSSR count). The first-order valence-electron chi connectivity index (χ1n) is 13.6.